The molecule has 24 heavy (non-hydrogen) atoms. The van der Waals surface area contributed by atoms with Gasteiger partial charge in [0.25, 0.3) is 5.91 Å². The van der Waals surface area contributed by atoms with Crippen molar-refractivity contribution in [2.24, 2.45) is 0 Å². The maximum Gasteiger partial charge on any atom is 0.271 e. The smallest absolute Gasteiger partial charge is 0.271 e. The van der Waals surface area contributed by atoms with Gasteiger partial charge in [0.2, 0.25) is 0 Å². The number of carbonyl (C=O) groups is 1. The van der Waals surface area contributed by atoms with Gasteiger partial charge in [0.1, 0.15) is 11.5 Å². The Hall–Kier alpha value is -1.89. The first-order valence-electron chi connectivity index (χ1n) is 7.37. The van der Waals surface area contributed by atoms with Crippen molar-refractivity contribution in [2.75, 3.05) is 32.1 Å². The lowest BCUT2D eigenvalue weighted by Crippen LogP contribution is -2.26. The molecule has 0 saturated heterocycles. The highest BCUT2D eigenvalue weighted by Gasteiger charge is 2.08. The van der Waals surface area contributed by atoms with E-state index >= 15 is 0 Å². The van der Waals surface area contributed by atoms with E-state index in [1.165, 1.54) is 12.4 Å². The van der Waals surface area contributed by atoms with Gasteiger partial charge in [-0.25, -0.2) is 9.97 Å². The fraction of sp³-hybridized carbons (Fsp3) is 0.312. The number of benzene rings is 1. The molecule has 8 heteroatoms. The second kappa shape index (κ2) is 9.42. The molecule has 2 rings (SSSR count). The largest absolute Gasteiger partial charge is 0.383 e. The van der Waals surface area contributed by atoms with E-state index in [1.807, 2.05) is 6.07 Å². The lowest BCUT2D eigenvalue weighted by atomic mass is 10.1. The van der Waals surface area contributed by atoms with Crippen LogP contribution in [0.15, 0.2) is 30.6 Å². The van der Waals surface area contributed by atoms with E-state index in [0.29, 0.717) is 42.0 Å². The van der Waals surface area contributed by atoms with Crippen LogP contribution in [0.3, 0.4) is 0 Å². The first-order chi connectivity index (χ1) is 11.6. The molecule has 128 valence electrons. The number of rotatable bonds is 8. The van der Waals surface area contributed by atoms with Crippen molar-refractivity contribution >= 4 is 34.9 Å². The molecule has 2 N–H and O–H groups in total. The van der Waals surface area contributed by atoms with Gasteiger partial charge >= 0.3 is 0 Å². The Labute approximate surface area is 150 Å². The molecular formula is C16H18Cl2N4O2. The predicted molar refractivity (Wildman–Crippen MR) is 94.9 cm³/mol. The Balaban J connectivity index is 1.81. The Morgan fingerprint density at radius 1 is 1.21 bits per heavy atom. The molecule has 0 unspecified atom stereocenters. The van der Waals surface area contributed by atoms with Gasteiger partial charge in [-0.1, -0.05) is 29.3 Å². The number of halogens is 2. The van der Waals surface area contributed by atoms with Crippen molar-refractivity contribution in [3.63, 3.8) is 0 Å². The summed E-state index contributed by atoms with van der Waals surface area (Å²) in [6.45, 7) is 1.63. The van der Waals surface area contributed by atoms with Crippen molar-refractivity contribution < 1.29 is 9.53 Å². The van der Waals surface area contributed by atoms with Crippen LogP contribution in [0.2, 0.25) is 10.0 Å². The van der Waals surface area contributed by atoms with Gasteiger partial charge in [-0.3, -0.25) is 4.79 Å². The van der Waals surface area contributed by atoms with Gasteiger partial charge in [-0.15, -0.1) is 0 Å². The van der Waals surface area contributed by atoms with Gasteiger partial charge in [-0.05, 0) is 24.1 Å². The zero-order valence-corrected chi connectivity index (χ0v) is 14.7. The van der Waals surface area contributed by atoms with E-state index in [-0.39, 0.29) is 11.6 Å². The average molecular weight is 369 g/mol. The second-order valence-electron chi connectivity index (χ2n) is 4.95. The van der Waals surface area contributed by atoms with Crippen molar-refractivity contribution in [1.29, 1.82) is 0 Å². The van der Waals surface area contributed by atoms with E-state index in [4.69, 9.17) is 27.9 Å². The normalized spacial score (nSPS) is 10.5. The Morgan fingerprint density at radius 3 is 2.71 bits per heavy atom. The van der Waals surface area contributed by atoms with E-state index in [9.17, 15) is 4.79 Å². The minimum atomic E-state index is -0.281. The van der Waals surface area contributed by atoms with Crippen LogP contribution in [0.1, 0.15) is 16.1 Å². The molecule has 0 radical (unpaired) electrons. The topological polar surface area (TPSA) is 76.1 Å². The van der Waals surface area contributed by atoms with Crippen LogP contribution < -0.4 is 10.6 Å². The number of methoxy groups -OCH3 is 1. The molecular weight excluding hydrogens is 351 g/mol. The van der Waals surface area contributed by atoms with Gasteiger partial charge in [-0.2, -0.15) is 0 Å². The minimum Gasteiger partial charge on any atom is -0.383 e. The number of nitrogens with zero attached hydrogens (tertiary/aromatic N) is 2. The third kappa shape index (κ3) is 5.63. The molecule has 6 nitrogen and oxygen atoms in total. The Bertz CT molecular complexity index is 680. The number of carbonyl (C=O) groups excluding carboxylic acids is 1. The number of hydrogen-bond donors (Lipinski definition) is 2. The van der Waals surface area contributed by atoms with E-state index in [1.54, 1.807) is 19.2 Å². The van der Waals surface area contributed by atoms with Crippen LogP contribution in [-0.2, 0) is 11.2 Å². The molecule has 0 atom stereocenters. The molecule has 0 saturated carbocycles. The van der Waals surface area contributed by atoms with Crippen molar-refractivity contribution in [3.05, 3.63) is 51.9 Å². The molecule has 0 aliphatic rings. The van der Waals surface area contributed by atoms with Crippen molar-refractivity contribution in [2.45, 2.75) is 6.42 Å². The van der Waals surface area contributed by atoms with Crippen molar-refractivity contribution in [1.82, 2.24) is 15.3 Å². The molecule has 0 bridgehead atoms. The van der Waals surface area contributed by atoms with Crippen LogP contribution in [0.25, 0.3) is 0 Å². The molecule has 1 aromatic carbocycles. The Morgan fingerprint density at radius 2 is 2.04 bits per heavy atom. The Kier molecular flexibility index (Phi) is 7.24. The molecule has 0 fully saturated rings. The lowest BCUT2D eigenvalue weighted by Gasteiger charge is -2.08. The zero-order chi connectivity index (χ0) is 17.4. The number of anilines is 1. The average Bonchev–Trinajstić information content (AvgIpc) is 2.57. The van der Waals surface area contributed by atoms with E-state index in [2.05, 4.69) is 20.6 Å². The summed E-state index contributed by atoms with van der Waals surface area (Å²) in [5, 5.41) is 6.99. The van der Waals surface area contributed by atoms with Crippen LogP contribution in [0, 0.1) is 0 Å². The second-order valence-corrected chi connectivity index (χ2v) is 5.79. The molecule has 0 aliphatic heterocycles. The highest BCUT2D eigenvalue weighted by molar-refractivity contribution is 6.35. The minimum absolute atomic E-state index is 0.259. The zero-order valence-electron chi connectivity index (χ0n) is 13.2. The summed E-state index contributed by atoms with van der Waals surface area (Å²) in [4.78, 5) is 20.3. The number of nitrogens with one attached hydrogen (secondary N) is 2. The van der Waals surface area contributed by atoms with Crippen LogP contribution in [-0.4, -0.2) is 42.7 Å². The summed E-state index contributed by atoms with van der Waals surface area (Å²) < 4.78 is 4.93. The SMILES string of the molecule is COCCNc1cnc(C(=O)NCCc2ccc(Cl)cc2Cl)cn1. The predicted octanol–water partition coefficient (Wildman–Crippen LogP) is 2.81. The van der Waals surface area contributed by atoms with Crippen LogP contribution in [0.4, 0.5) is 5.82 Å². The highest BCUT2D eigenvalue weighted by Crippen LogP contribution is 2.21. The van der Waals surface area contributed by atoms with Gasteiger partial charge in [0.15, 0.2) is 0 Å². The van der Waals surface area contributed by atoms with Crippen LogP contribution in [0.5, 0.6) is 0 Å². The molecule has 1 heterocycles. The van der Waals surface area contributed by atoms with E-state index in [0.717, 1.165) is 5.56 Å². The summed E-state index contributed by atoms with van der Waals surface area (Å²) in [6, 6.07) is 5.30. The summed E-state index contributed by atoms with van der Waals surface area (Å²) in [7, 11) is 1.62. The number of hydrogen-bond acceptors (Lipinski definition) is 5. The van der Waals surface area contributed by atoms with Gasteiger partial charge in [0.05, 0.1) is 19.0 Å². The fourth-order valence-corrected chi connectivity index (χ4v) is 2.45. The lowest BCUT2D eigenvalue weighted by molar-refractivity contribution is 0.0949. The third-order valence-electron chi connectivity index (χ3n) is 3.19. The maximum absolute atomic E-state index is 12.0. The summed E-state index contributed by atoms with van der Waals surface area (Å²) in [5.41, 5.74) is 1.18. The number of aromatic nitrogens is 2. The number of ether oxygens (including phenoxy) is 1. The monoisotopic (exact) mass is 368 g/mol. The van der Waals surface area contributed by atoms with Gasteiger partial charge in [0, 0.05) is 30.2 Å². The van der Waals surface area contributed by atoms with Crippen molar-refractivity contribution in [3.8, 4) is 0 Å². The standard InChI is InChI=1S/C16H18Cl2N4O2/c1-24-7-6-19-15-10-21-14(9-22-15)16(23)20-5-4-11-2-3-12(17)8-13(11)18/h2-3,8-10H,4-7H2,1H3,(H,19,22)(H,20,23). The third-order valence-corrected chi connectivity index (χ3v) is 3.78. The first-order valence-corrected chi connectivity index (χ1v) is 8.12. The fourth-order valence-electron chi connectivity index (χ4n) is 1.94. The molecule has 2 aromatic rings. The summed E-state index contributed by atoms with van der Waals surface area (Å²) in [6.07, 6.45) is 3.55. The molecule has 0 aliphatic carbocycles. The summed E-state index contributed by atoms with van der Waals surface area (Å²) >= 11 is 11.9. The van der Waals surface area contributed by atoms with Gasteiger partial charge < -0.3 is 15.4 Å². The van der Waals surface area contributed by atoms with Crippen LogP contribution >= 0.6 is 23.2 Å². The number of amides is 1. The molecule has 0 spiro atoms. The first kappa shape index (κ1) is 18.4. The maximum atomic E-state index is 12.0. The summed E-state index contributed by atoms with van der Waals surface area (Å²) in [5.74, 6) is 0.313. The highest BCUT2D eigenvalue weighted by atomic mass is 35.5. The quantitative estimate of drug-likeness (QED) is 0.700. The van der Waals surface area contributed by atoms with E-state index < -0.39 is 0 Å². The molecule has 1 aromatic heterocycles. The molecule has 1 amide bonds.